The highest BCUT2D eigenvalue weighted by Crippen LogP contribution is 2.40. The zero-order chi connectivity index (χ0) is 17.0. The number of Topliss-reactive ketones (excluding diaryl/α,β-unsaturated/α-hetero) is 1. The molecule has 2 aromatic rings. The molecule has 1 fully saturated rings. The smallest absolute Gasteiger partial charge is 0.320 e. The molecule has 3 rings (SSSR count). The van der Waals surface area contributed by atoms with E-state index in [1.165, 1.54) is 0 Å². The molecule has 0 amide bonds. The molecule has 0 saturated carbocycles. The van der Waals surface area contributed by atoms with E-state index < -0.39 is 18.0 Å². The molecular formula is C19H20O5. The molecule has 1 heterocycles. The van der Waals surface area contributed by atoms with Gasteiger partial charge < -0.3 is 9.84 Å². The number of ketones is 1. The SMILES string of the molecule is CCOC1(O)OOC(c2ccccc2)CC1C(=O)c1ccccc1. The largest absolute Gasteiger partial charge is 0.341 e. The van der Waals surface area contributed by atoms with E-state index in [-0.39, 0.29) is 18.8 Å². The van der Waals surface area contributed by atoms with Gasteiger partial charge in [-0.1, -0.05) is 60.7 Å². The molecule has 0 spiro atoms. The van der Waals surface area contributed by atoms with Gasteiger partial charge in [-0.3, -0.25) is 4.79 Å². The molecule has 2 aromatic carbocycles. The topological polar surface area (TPSA) is 65.0 Å². The van der Waals surface area contributed by atoms with Crippen LogP contribution in [0.5, 0.6) is 0 Å². The predicted molar refractivity (Wildman–Crippen MR) is 86.8 cm³/mol. The zero-order valence-electron chi connectivity index (χ0n) is 13.4. The van der Waals surface area contributed by atoms with Crippen LogP contribution in [-0.2, 0) is 14.5 Å². The second-order valence-corrected chi connectivity index (χ2v) is 5.66. The summed E-state index contributed by atoms with van der Waals surface area (Å²) < 4.78 is 5.30. The summed E-state index contributed by atoms with van der Waals surface area (Å²) in [5.74, 6) is -3.22. The third-order valence-electron chi connectivity index (χ3n) is 4.07. The summed E-state index contributed by atoms with van der Waals surface area (Å²) in [6, 6.07) is 18.3. The van der Waals surface area contributed by atoms with Crippen molar-refractivity contribution in [3.63, 3.8) is 0 Å². The summed E-state index contributed by atoms with van der Waals surface area (Å²) in [6.45, 7) is 1.91. The molecule has 24 heavy (non-hydrogen) atoms. The van der Waals surface area contributed by atoms with Crippen LogP contribution < -0.4 is 0 Å². The Morgan fingerprint density at radius 1 is 1.17 bits per heavy atom. The van der Waals surface area contributed by atoms with Crippen molar-refractivity contribution >= 4 is 5.78 Å². The lowest BCUT2D eigenvalue weighted by molar-refractivity contribution is -0.541. The fraction of sp³-hybridized carbons (Fsp3) is 0.316. The second-order valence-electron chi connectivity index (χ2n) is 5.66. The van der Waals surface area contributed by atoms with Crippen LogP contribution in [0.4, 0.5) is 0 Å². The summed E-state index contributed by atoms with van der Waals surface area (Å²) in [5, 5.41) is 10.6. The first-order valence-corrected chi connectivity index (χ1v) is 7.99. The lowest BCUT2D eigenvalue weighted by atomic mass is 9.87. The normalized spacial score (nSPS) is 26.9. The molecular weight excluding hydrogens is 308 g/mol. The number of carbonyl (C=O) groups is 1. The van der Waals surface area contributed by atoms with Gasteiger partial charge in [0.25, 0.3) is 0 Å². The minimum atomic E-state index is -2.09. The highest BCUT2D eigenvalue weighted by atomic mass is 17.3. The first-order valence-electron chi connectivity index (χ1n) is 7.99. The molecule has 5 nitrogen and oxygen atoms in total. The molecule has 126 valence electrons. The first-order chi connectivity index (χ1) is 11.6. The Labute approximate surface area is 140 Å². The van der Waals surface area contributed by atoms with Gasteiger partial charge in [0.05, 0.1) is 0 Å². The molecule has 0 aliphatic carbocycles. The summed E-state index contributed by atoms with van der Waals surface area (Å²) >= 11 is 0. The molecule has 5 heteroatoms. The summed E-state index contributed by atoms with van der Waals surface area (Å²) in [7, 11) is 0. The van der Waals surface area contributed by atoms with Gasteiger partial charge in [0.2, 0.25) is 0 Å². The van der Waals surface area contributed by atoms with Crippen molar-refractivity contribution in [1.29, 1.82) is 0 Å². The number of aliphatic hydroxyl groups is 1. The van der Waals surface area contributed by atoms with Gasteiger partial charge in [-0.15, -0.1) is 0 Å². The zero-order valence-corrected chi connectivity index (χ0v) is 13.4. The van der Waals surface area contributed by atoms with Gasteiger partial charge in [0.15, 0.2) is 5.78 Å². The fourth-order valence-electron chi connectivity index (χ4n) is 2.85. The van der Waals surface area contributed by atoms with Crippen molar-refractivity contribution in [3.05, 3.63) is 71.8 Å². The van der Waals surface area contributed by atoms with Crippen LogP contribution in [0.25, 0.3) is 0 Å². The highest BCUT2D eigenvalue weighted by Gasteiger charge is 2.50. The number of rotatable bonds is 5. The standard InChI is InChI=1S/C19H20O5/c1-2-22-19(21)16(18(20)15-11-7-4-8-12-15)13-17(23-24-19)14-9-5-3-6-10-14/h3-12,16-17,21H,2,13H2,1H3. The van der Waals surface area contributed by atoms with Crippen molar-refractivity contribution in [2.24, 2.45) is 5.92 Å². The van der Waals surface area contributed by atoms with E-state index in [0.29, 0.717) is 5.56 Å². The van der Waals surface area contributed by atoms with Crippen molar-refractivity contribution < 1.29 is 24.4 Å². The Morgan fingerprint density at radius 2 is 1.79 bits per heavy atom. The minimum Gasteiger partial charge on any atom is -0.341 e. The average Bonchev–Trinajstić information content (AvgIpc) is 2.63. The van der Waals surface area contributed by atoms with Gasteiger partial charge in [-0.25, -0.2) is 4.89 Å². The summed E-state index contributed by atoms with van der Waals surface area (Å²) in [5.41, 5.74) is 1.37. The van der Waals surface area contributed by atoms with Gasteiger partial charge in [-0.05, 0) is 18.9 Å². The Morgan fingerprint density at radius 3 is 2.42 bits per heavy atom. The summed E-state index contributed by atoms with van der Waals surface area (Å²) in [6.07, 6.45) is -0.196. The lowest BCUT2D eigenvalue weighted by Gasteiger charge is -2.39. The Kier molecular flexibility index (Phi) is 5.06. The van der Waals surface area contributed by atoms with E-state index >= 15 is 0 Å². The molecule has 0 aromatic heterocycles. The van der Waals surface area contributed by atoms with Crippen LogP contribution in [0.1, 0.15) is 35.4 Å². The Balaban J connectivity index is 1.89. The molecule has 0 bridgehead atoms. The molecule has 0 radical (unpaired) electrons. The van der Waals surface area contributed by atoms with E-state index in [1.54, 1.807) is 31.2 Å². The summed E-state index contributed by atoms with van der Waals surface area (Å²) in [4.78, 5) is 23.4. The molecule has 1 aliphatic rings. The minimum absolute atomic E-state index is 0.189. The number of ether oxygens (including phenoxy) is 1. The van der Waals surface area contributed by atoms with E-state index in [2.05, 4.69) is 0 Å². The van der Waals surface area contributed by atoms with Crippen molar-refractivity contribution in [3.8, 4) is 0 Å². The monoisotopic (exact) mass is 328 g/mol. The molecule has 1 aliphatic heterocycles. The molecule has 3 unspecified atom stereocenters. The maximum absolute atomic E-state index is 12.9. The van der Waals surface area contributed by atoms with Crippen LogP contribution in [0.3, 0.4) is 0 Å². The molecule has 1 saturated heterocycles. The van der Waals surface area contributed by atoms with Crippen molar-refractivity contribution in [2.75, 3.05) is 6.61 Å². The van der Waals surface area contributed by atoms with Crippen LogP contribution in [0, 0.1) is 5.92 Å². The number of hydrogen-bond acceptors (Lipinski definition) is 5. The third kappa shape index (κ3) is 3.39. The van der Waals surface area contributed by atoms with E-state index in [1.807, 2.05) is 36.4 Å². The fourth-order valence-corrected chi connectivity index (χ4v) is 2.85. The third-order valence-corrected chi connectivity index (χ3v) is 4.07. The number of benzene rings is 2. The number of hydrogen-bond donors (Lipinski definition) is 1. The quantitative estimate of drug-likeness (QED) is 0.518. The van der Waals surface area contributed by atoms with Gasteiger partial charge in [0, 0.05) is 12.2 Å². The Hall–Kier alpha value is -2.05. The van der Waals surface area contributed by atoms with E-state index in [4.69, 9.17) is 14.5 Å². The van der Waals surface area contributed by atoms with E-state index in [9.17, 15) is 9.90 Å². The lowest BCUT2D eigenvalue weighted by Crippen LogP contribution is -2.51. The highest BCUT2D eigenvalue weighted by molar-refractivity contribution is 5.98. The predicted octanol–water partition coefficient (Wildman–Crippen LogP) is 3.26. The molecule has 1 N–H and O–H groups in total. The van der Waals surface area contributed by atoms with Crippen LogP contribution in [-0.4, -0.2) is 23.5 Å². The van der Waals surface area contributed by atoms with Crippen LogP contribution in [0.2, 0.25) is 0 Å². The van der Waals surface area contributed by atoms with Crippen molar-refractivity contribution in [1.82, 2.24) is 0 Å². The van der Waals surface area contributed by atoms with Gasteiger partial charge in [0.1, 0.15) is 12.0 Å². The maximum Gasteiger partial charge on any atom is 0.320 e. The van der Waals surface area contributed by atoms with Crippen molar-refractivity contribution in [2.45, 2.75) is 25.4 Å². The maximum atomic E-state index is 12.9. The van der Waals surface area contributed by atoms with Crippen LogP contribution in [0.15, 0.2) is 60.7 Å². The van der Waals surface area contributed by atoms with Crippen LogP contribution >= 0.6 is 0 Å². The van der Waals surface area contributed by atoms with E-state index in [0.717, 1.165) is 5.56 Å². The van der Waals surface area contributed by atoms with Gasteiger partial charge in [-0.2, -0.15) is 4.89 Å². The second kappa shape index (κ2) is 7.23. The molecule has 3 atom stereocenters. The first kappa shape index (κ1) is 16.8. The Bertz CT molecular complexity index is 673. The number of carbonyl (C=O) groups excluding carboxylic acids is 1. The average molecular weight is 328 g/mol. The van der Waals surface area contributed by atoms with Gasteiger partial charge >= 0.3 is 5.97 Å².